The Bertz CT molecular complexity index is 602. The zero-order chi connectivity index (χ0) is 14.5. The zero-order valence-electron chi connectivity index (χ0n) is 11.7. The van der Waals surface area contributed by atoms with Crippen LogP contribution < -0.4 is 5.32 Å². The molecule has 0 aliphatic carbocycles. The van der Waals surface area contributed by atoms with E-state index in [2.05, 4.69) is 5.32 Å². The number of nitrogens with one attached hydrogen (secondary N) is 1. The number of aryl methyl sites for hydroxylation is 3. The van der Waals surface area contributed by atoms with E-state index >= 15 is 0 Å². The Labute approximate surface area is 124 Å². The molecule has 2 aromatic rings. The van der Waals surface area contributed by atoms with Crippen LogP contribution in [0.4, 0.5) is 5.69 Å². The standard InChI is InChI=1S/C17H18ClNO/c1-12-6-5-7-13(2)17(12)19-16(20)11-10-14-8-3-4-9-15(14)18/h3-9H,10-11H2,1-2H3,(H,19,20). The number of benzene rings is 2. The van der Waals surface area contributed by atoms with Gasteiger partial charge in [0.15, 0.2) is 0 Å². The van der Waals surface area contributed by atoms with Crippen molar-refractivity contribution in [2.75, 3.05) is 5.32 Å². The summed E-state index contributed by atoms with van der Waals surface area (Å²) >= 11 is 6.09. The second-order valence-corrected chi connectivity index (χ2v) is 5.31. The van der Waals surface area contributed by atoms with Crippen LogP contribution in [0.1, 0.15) is 23.1 Å². The summed E-state index contributed by atoms with van der Waals surface area (Å²) in [6.07, 6.45) is 1.08. The predicted octanol–water partition coefficient (Wildman–Crippen LogP) is 4.53. The van der Waals surface area contributed by atoms with E-state index in [1.54, 1.807) is 0 Å². The molecule has 0 radical (unpaired) electrons. The molecule has 0 aliphatic rings. The largest absolute Gasteiger partial charge is 0.326 e. The Morgan fingerprint density at radius 2 is 1.70 bits per heavy atom. The summed E-state index contributed by atoms with van der Waals surface area (Å²) in [4.78, 5) is 12.0. The highest BCUT2D eigenvalue weighted by Crippen LogP contribution is 2.20. The van der Waals surface area contributed by atoms with E-state index < -0.39 is 0 Å². The molecular formula is C17H18ClNO. The van der Waals surface area contributed by atoms with Gasteiger partial charge in [-0.25, -0.2) is 0 Å². The maximum atomic E-state index is 12.0. The number of para-hydroxylation sites is 1. The number of halogens is 1. The van der Waals surface area contributed by atoms with E-state index in [9.17, 15) is 4.79 Å². The summed E-state index contributed by atoms with van der Waals surface area (Å²) in [5.41, 5.74) is 4.08. The van der Waals surface area contributed by atoms with Crippen LogP contribution in [0.15, 0.2) is 42.5 Å². The number of carbonyl (C=O) groups excluding carboxylic acids is 1. The van der Waals surface area contributed by atoms with Crippen molar-refractivity contribution < 1.29 is 4.79 Å². The molecule has 0 aliphatic heterocycles. The fourth-order valence-electron chi connectivity index (χ4n) is 2.16. The third-order valence-electron chi connectivity index (χ3n) is 3.32. The Kier molecular flexibility index (Phi) is 4.80. The molecule has 2 nitrogen and oxygen atoms in total. The predicted molar refractivity (Wildman–Crippen MR) is 84.3 cm³/mol. The average Bonchev–Trinajstić information content (AvgIpc) is 2.42. The number of hydrogen-bond donors (Lipinski definition) is 1. The summed E-state index contributed by atoms with van der Waals surface area (Å²) in [6.45, 7) is 3.99. The number of anilines is 1. The van der Waals surface area contributed by atoms with Gasteiger partial charge in [0.2, 0.25) is 5.91 Å². The molecule has 2 aromatic carbocycles. The first kappa shape index (κ1) is 14.6. The molecule has 0 saturated carbocycles. The lowest BCUT2D eigenvalue weighted by Gasteiger charge is -2.11. The fourth-order valence-corrected chi connectivity index (χ4v) is 2.39. The van der Waals surface area contributed by atoms with Gasteiger partial charge in [0, 0.05) is 17.1 Å². The van der Waals surface area contributed by atoms with Crippen molar-refractivity contribution >= 4 is 23.2 Å². The van der Waals surface area contributed by atoms with Crippen molar-refractivity contribution in [1.29, 1.82) is 0 Å². The summed E-state index contributed by atoms with van der Waals surface area (Å²) in [5.74, 6) is 0.0160. The number of rotatable bonds is 4. The Morgan fingerprint density at radius 3 is 2.35 bits per heavy atom. The smallest absolute Gasteiger partial charge is 0.224 e. The van der Waals surface area contributed by atoms with Gasteiger partial charge in [-0.15, -0.1) is 0 Å². The average molecular weight is 288 g/mol. The van der Waals surface area contributed by atoms with Gasteiger partial charge in [-0.05, 0) is 43.0 Å². The SMILES string of the molecule is Cc1cccc(C)c1NC(=O)CCc1ccccc1Cl. The minimum atomic E-state index is 0.0160. The second kappa shape index (κ2) is 6.58. The van der Waals surface area contributed by atoms with Crippen molar-refractivity contribution in [2.24, 2.45) is 0 Å². The van der Waals surface area contributed by atoms with Gasteiger partial charge >= 0.3 is 0 Å². The van der Waals surface area contributed by atoms with Crippen LogP contribution in [-0.4, -0.2) is 5.91 Å². The maximum absolute atomic E-state index is 12.0. The third kappa shape index (κ3) is 3.61. The van der Waals surface area contributed by atoms with Crippen molar-refractivity contribution in [1.82, 2.24) is 0 Å². The molecule has 104 valence electrons. The zero-order valence-corrected chi connectivity index (χ0v) is 12.5. The van der Waals surface area contributed by atoms with Gasteiger partial charge in [-0.3, -0.25) is 4.79 Å². The van der Waals surface area contributed by atoms with Crippen molar-refractivity contribution in [2.45, 2.75) is 26.7 Å². The second-order valence-electron chi connectivity index (χ2n) is 4.91. The topological polar surface area (TPSA) is 29.1 Å². The first-order valence-electron chi connectivity index (χ1n) is 6.67. The number of carbonyl (C=O) groups is 1. The molecule has 0 atom stereocenters. The minimum Gasteiger partial charge on any atom is -0.326 e. The van der Waals surface area contributed by atoms with Crippen molar-refractivity contribution in [3.05, 3.63) is 64.2 Å². The van der Waals surface area contributed by atoms with Gasteiger partial charge in [-0.2, -0.15) is 0 Å². The lowest BCUT2D eigenvalue weighted by molar-refractivity contribution is -0.116. The molecule has 3 heteroatoms. The monoisotopic (exact) mass is 287 g/mol. The summed E-state index contributed by atoms with van der Waals surface area (Å²) in [6, 6.07) is 13.6. The number of hydrogen-bond acceptors (Lipinski definition) is 1. The molecule has 20 heavy (non-hydrogen) atoms. The van der Waals surface area contributed by atoms with Crippen LogP contribution >= 0.6 is 11.6 Å². The molecule has 0 spiro atoms. The number of amides is 1. The summed E-state index contributed by atoms with van der Waals surface area (Å²) < 4.78 is 0. The van der Waals surface area contributed by atoms with E-state index in [1.165, 1.54) is 0 Å². The Morgan fingerprint density at radius 1 is 1.05 bits per heavy atom. The molecule has 0 bridgehead atoms. The molecule has 0 saturated heterocycles. The van der Waals surface area contributed by atoms with E-state index in [0.717, 1.165) is 22.4 Å². The van der Waals surface area contributed by atoms with Crippen LogP contribution in [0.5, 0.6) is 0 Å². The molecule has 1 N–H and O–H groups in total. The van der Waals surface area contributed by atoms with Gasteiger partial charge in [0.05, 0.1) is 0 Å². The Hall–Kier alpha value is -1.80. The van der Waals surface area contributed by atoms with Gasteiger partial charge in [0.25, 0.3) is 0 Å². The normalized spacial score (nSPS) is 10.3. The first-order chi connectivity index (χ1) is 9.58. The summed E-state index contributed by atoms with van der Waals surface area (Å²) in [7, 11) is 0. The van der Waals surface area contributed by atoms with E-state index in [0.29, 0.717) is 17.9 Å². The molecule has 2 rings (SSSR count). The maximum Gasteiger partial charge on any atom is 0.224 e. The van der Waals surface area contributed by atoms with Gasteiger partial charge < -0.3 is 5.32 Å². The Balaban J connectivity index is 1.98. The molecule has 1 amide bonds. The highest BCUT2D eigenvalue weighted by Gasteiger charge is 2.08. The molecule has 0 heterocycles. The van der Waals surface area contributed by atoms with E-state index in [1.807, 2.05) is 56.3 Å². The molecular weight excluding hydrogens is 270 g/mol. The van der Waals surface area contributed by atoms with Crippen LogP contribution in [-0.2, 0) is 11.2 Å². The molecule has 0 fully saturated rings. The quantitative estimate of drug-likeness (QED) is 0.879. The molecule has 0 aromatic heterocycles. The van der Waals surface area contributed by atoms with Crippen molar-refractivity contribution in [3.63, 3.8) is 0 Å². The van der Waals surface area contributed by atoms with Crippen LogP contribution in [0.25, 0.3) is 0 Å². The van der Waals surface area contributed by atoms with E-state index in [-0.39, 0.29) is 5.91 Å². The van der Waals surface area contributed by atoms with E-state index in [4.69, 9.17) is 11.6 Å². The van der Waals surface area contributed by atoms with Crippen molar-refractivity contribution in [3.8, 4) is 0 Å². The first-order valence-corrected chi connectivity index (χ1v) is 7.05. The minimum absolute atomic E-state index is 0.0160. The highest BCUT2D eigenvalue weighted by molar-refractivity contribution is 6.31. The van der Waals surface area contributed by atoms with Crippen LogP contribution in [0.2, 0.25) is 5.02 Å². The van der Waals surface area contributed by atoms with Gasteiger partial charge in [0.1, 0.15) is 0 Å². The third-order valence-corrected chi connectivity index (χ3v) is 3.69. The lowest BCUT2D eigenvalue weighted by Crippen LogP contribution is -2.14. The molecule has 0 unspecified atom stereocenters. The van der Waals surface area contributed by atoms with Gasteiger partial charge in [-0.1, -0.05) is 48.0 Å². The van der Waals surface area contributed by atoms with Crippen LogP contribution in [0, 0.1) is 13.8 Å². The summed E-state index contributed by atoms with van der Waals surface area (Å²) in [5, 5.41) is 3.70. The van der Waals surface area contributed by atoms with Crippen LogP contribution in [0.3, 0.4) is 0 Å². The fraction of sp³-hybridized carbons (Fsp3) is 0.235. The highest BCUT2D eigenvalue weighted by atomic mass is 35.5. The lowest BCUT2D eigenvalue weighted by atomic mass is 10.1.